The molecule has 9 heteroatoms. The fraction of sp³-hybridized carbons (Fsp3) is 0.250. The average molecular weight is 414 g/mol. The van der Waals surface area contributed by atoms with E-state index in [4.69, 9.17) is 5.14 Å². The van der Waals surface area contributed by atoms with Gasteiger partial charge in [0.05, 0.1) is 16.3 Å². The molecule has 1 heterocycles. The Kier molecular flexibility index (Phi) is 5.81. The van der Waals surface area contributed by atoms with Crippen LogP contribution in [0.2, 0.25) is 0 Å². The molecule has 0 aliphatic carbocycles. The minimum Gasteiger partial charge on any atom is -0.344 e. The van der Waals surface area contributed by atoms with Gasteiger partial charge in [0.15, 0.2) is 5.69 Å². The SMILES string of the molecule is CCCn1nc(C(=O)N[C@H](C)c2ccc(S(N)(=O)=O)cc2)c2ccccc2c1=O. The smallest absolute Gasteiger partial charge is 0.274 e. The van der Waals surface area contributed by atoms with Gasteiger partial charge < -0.3 is 5.32 Å². The summed E-state index contributed by atoms with van der Waals surface area (Å²) in [7, 11) is -3.78. The van der Waals surface area contributed by atoms with Gasteiger partial charge in [-0.25, -0.2) is 18.2 Å². The molecule has 1 amide bonds. The molecular weight excluding hydrogens is 392 g/mol. The maximum absolute atomic E-state index is 12.9. The highest BCUT2D eigenvalue weighted by atomic mass is 32.2. The van der Waals surface area contributed by atoms with Crippen LogP contribution in [0.5, 0.6) is 0 Å². The van der Waals surface area contributed by atoms with E-state index < -0.39 is 22.0 Å². The Morgan fingerprint density at radius 1 is 1.14 bits per heavy atom. The van der Waals surface area contributed by atoms with Crippen molar-refractivity contribution in [3.63, 3.8) is 0 Å². The molecule has 3 aromatic rings. The lowest BCUT2D eigenvalue weighted by molar-refractivity contribution is 0.0934. The van der Waals surface area contributed by atoms with Crippen molar-refractivity contribution in [3.8, 4) is 0 Å². The van der Waals surface area contributed by atoms with Crippen molar-refractivity contribution in [2.75, 3.05) is 0 Å². The van der Waals surface area contributed by atoms with Crippen LogP contribution in [0.3, 0.4) is 0 Å². The van der Waals surface area contributed by atoms with Crippen LogP contribution in [-0.2, 0) is 16.6 Å². The highest BCUT2D eigenvalue weighted by molar-refractivity contribution is 7.89. The fourth-order valence-electron chi connectivity index (χ4n) is 3.06. The van der Waals surface area contributed by atoms with Crippen LogP contribution in [0, 0.1) is 0 Å². The Morgan fingerprint density at radius 3 is 2.34 bits per heavy atom. The van der Waals surface area contributed by atoms with E-state index in [9.17, 15) is 18.0 Å². The van der Waals surface area contributed by atoms with Gasteiger partial charge in [-0.3, -0.25) is 9.59 Å². The maximum Gasteiger partial charge on any atom is 0.274 e. The molecule has 8 nitrogen and oxygen atoms in total. The topological polar surface area (TPSA) is 124 Å². The number of sulfonamides is 1. The molecule has 0 radical (unpaired) electrons. The molecule has 0 bridgehead atoms. The monoisotopic (exact) mass is 414 g/mol. The zero-order valence-electron chi connectivity index (χ0n) is 16.1. The standard InChI is InChI=1S/C20H22N4O4S/c1-3-12-24-20(26)17-7-5-4-6-16(17)18(23-24)19(25)22-13(2)14-8-10-15(11-9-14)29(21,27)28/h4-11,13H,3,12H2,1-2H3,(H,22,25)(H2,21,27,28)/t13-/m1/s1. The Balaban J connectivity index is 1.93. The molecule has 152 valence electrons. The Hall–Kier alpha value is -3.04. The van der Waals surface area contributed by atoms with Crippen molar-refractivity contribution in [2.45, 2.75) is 37.8 Å². The average Bonchev–Trinajstić information content (AvgIpc) is 2.69. The molecule has 0 saturated heterocycles. The second-order valence-electron chi connectivity index (χ2n) is 6.73. The van der Waals surface area contributed by atoms with Gasteiger partial charge >= 0.3 is 0 Å². The quantitative estimate of drug-likeness (QED) is 0.638. The number of carbonyl (C=O) groups excluding carboxylic acids is 1. The molecule has 1 aromatic heterocycles. The Morgan fingerprint density at radius 2 is 1.76 bits per heavy atom. The number of nitrogens with one attached hydrogen (secondary N) is 1. The van der Waals surface area contributed by atoms with E-state index in [-0.39, 0.29) is 16.1 Å². The molecular formula is C20H22N4O4S. The van der Waals surface area contributed by atoms with Crippen LogP contribution in [0.1, 0.15) is 42.4 Å². The van der Waals surface area contributed by atoms with Gasteiger partial charge in [0, 0.05) is 11.9 Å². The molecule has 29 heavy (non-hydrogen) atoms. The second-order valence-corrected chi connectivity index (χ2v) is 8.29. The number of primary sulfonamides is 1. The van der Waals surface area contributed by atoms with Crippen molar-refractivity contribution >= 4 is 26.7 Å². The molecule has 0 spiro atoms. The van der Waals surface area contributed by atoms with E-state index >= 15 is 0 Å². The van der Waals surface area contributed by atoms with Crippen molar-refractivity contribution in [2.24, 2.45) is 5.14 Å². The van der Waals surface area contributed by atoms with Gasteiger partial charge in [0.1, 0.15) is 0 Å². The van der Waals surface area contributed by atoms with E-state index in [0.717, 1.165) is 0 Å². The molecule has 0 aliphatic rings. The number of nitrogens with zero attached hydrogens (tertiary/aromatic N) is 2. The van der Waals surface area contributed by atoms with Gasteiger partial charge in [-0.1, -0.05) is 37.3 Å². The van der Waals surface area contributed by atoms with Crippen molar-refractivity contribution in [1.82, 2.24) is 15.1 Å². The lowest BCUT2D eigenvalue weighted by Gasteiger charge is -2.16. The molecule has 0 unspecified atom stereocenters. The van der Waals surface area contributed by atoms with Gasteiger partial charge in [-0.2, -0.15) is 5.10 Å². The summed E-state index contributed by atoms with van der Waals surface area (Å²) in [5.74, 6) is -0.422. The van der Waals surface area contributed by atoms with E-state index in [1.807, 2.05) is 6.92 Å². The van der Waals surface area contributed by atoms with Crippen molar-refractivity contribution in [3.05, 3.63) is 70.1 Å². The number of nitrogens with two attached hydrogens (primary N) is 1. The molecule has 0 saturated carbocycles. The number of carbonyl (C=O) groups is 1. The number of benzene rings is 2. The number of rotatable bonds is 6. The highest BCUT2D eigenvalue weighted by Crippen LogP contribution is 2.18. The van der Waals surface area contributed by atoms with Gasteiger partial charge in [0.2, 0.25) is 10.0 Å². The Bertz CT molecular complexity index is 1220. The third kappa shape index (κ3) is 4.36. The first kappa shape index (κ1) is 20.7. The van der Waals surface area contributed by atoms with E-state index in [0.29, 0.717) is 29.3 Å². The minimum absolute atomic E-state index is 0.000853. The van der Waals surface area contributed by atoms with Crippen LogP contribution >= 0.6 is 0 Å². The van der Waals surface area contributed by atoms with E-state index in [1.54, 1.807) is 43.3 Å². The van der Waals surface area contributed by atoms with E-state index in [1.165, 1.54) is 16.8 Å². The number of aryl methyl sites for hydroxylation is 1. The highest BCUT2D eigenvalue weighted by Gasteiger charge is 2.19. The number of hydrogen-bond acceptors (Lipinski definition) is 5. The lowest BCUT2D eigenvalue weighted by atomic mass is 10.1. The van der Waals surface area contributed by atoms with Crippen LogP contribution < -0.4 is 16.0 Å². The molecule has 1 atom stereocenters. The Labute approximate surface area is 168 Å². The first-order valence-electron chi connectivity index (χ1n) is 9.16. The van der Waals surface area contributed by atoms with Gasteiger partial charge in [-0.05, 0) is 37.1 Å². The van der Waals surface area contributed by atoms with Crippen molar-refractivity contribution < 1.29 is 13.2 Å². The normalized spacial score (nSPS) is 12.7. The molecule has 3 rings (SSSR count). The number of amides is 1. The molecule has 2 aromatic carbocycles. The third-order valence-electron chi connectivity index (χ3n) is 4.57. The van der Waals surface area contributed by atoms with Crippen LogP contribution in [-0.4, -0.2) is 24.1 Å². The van der Waals surface area contributed by atoms with Crippen LogP contribution in [0.25, 0.3) is 10.8 Å². The zero-order valence-corrected chi connectivity index (χ0v) is 16.9. The lowest BCUT2D eigenvalue weighted by Crippen LogP contribution is -2.32. The summed E-state index contributed by atoms with van der Waals surface area (Å²) in [5, 5.41) is 13.2. The number of fused-ring (bicyclic) bond motifs is 1. The predicted molar refractivity (Wildman–Crippen MR) is 110 cm³/mol. The maximum atomic E-state index is 12.9. The first-order chi connectivity index (χ1) is 13.7. The summed E-state index contributed by atoms with van der Waals surface area (Å²) in [6, 6.07) is 12.4. The summed E-state index contributed by atoms with van der Waals surface area (Å²) in [4.78, 5) is 25.5. The molecule has 0 aliphatic heterocycles. The summed E-state index contributed by atoms with van der Waals surface area (Å²) in [6.07, 6.45) is 0.707. The zero-order chi connectivity index (χ0) is 21.2. The largest absolute Gasteiger partial charge is 0.344 e. The van der Waals surface area contributed by atoms with E-state index in [2.05, 4.69) is 10.4 Å². The fourth-order valence-corrected chi connectivity index (χ4v) is 3.58. The summed E-state index contributed by atoms with van der Waals surface area (Å²) >= 11 is 0. The van der Waals surface area contributed by atoms with Gasteiger partial charge in [0.25, 0.3) is 11.5 Å². The summed E-state index contributed by atoms with van der Waals surface area (Å²) in [6.45, 7) is 4.11. The third-order valence-corrected chi connectivity index (χ3v) is 5.50. The number of aromatic nitrogens is 2. The molecule has 0 fully saturated rings. The summed E-state index contributed by atoms with van der Waals surface area (Å²) in [5.41, 5.74) is 0.643. The van der Waals surface area contributed by atoms with Crippen LogP contribution in [0.15, 0.2) is 58.2 Å². The minimum atomic E-state index is -3.78. The summed E-state index contributed by atoms with van der Waals surface area (Å²) < 4.78 is 24.1. The molecule has 3 N–H and O–H groups in total. The second kappa shape index (κ2) is 8.14. The first-order valence-corrected chi connectivity index (χ1v) is 10.7. The van der Waals surface area contributed by atoms with Gasteiger partial charge in [-0.15, -0.1) is 0 Å². The number of hydrogen-bond donors (Lipinski definition) is 2. The van der Waals surface area contributed by atoms with Crippen molar-refractivity contribution in [1.29, 1.82) is 0 Å². The van der Waals surface area contributed by atoms with Crippen LogP contribution in [0.4, 0.5) is 0 Å². The predicted octanol–water partition coefficient (Wildman–Crippen LogP) is 1.94.